The van der Waals surface area contributed by atoms with Crippen LogP contribution in [-0.2, 0) is 6.61 Å². The fourth-order valence-corrected chi connectivity index (χ4v) is 4.12. The molecule has 6 nitrogen and oxygen atoms in total. The Hall–Kier alpha value is -4.49. The van der Waals surface area contributed by atoms with Crippen molar-refractivity contribution in [1.29, 1.82) is 0 Å². The molecule has 0 saturated carbocycles. The molecule has 184 valence electrons. The second-order valence-electron chi connectivity index (χ2n) is 8.09. The van der Waals surface area contributed by atoms with E-state index < -0.39 is 0 Å². The summed E-state index contributed by atoms with van der Waals surface area (Å²) in [6.45, 7) is -0.0191. The third kappa shape index (κ3) is 5.08. The minimum atomic E-state index is -0.370. The zero-order valence-corrected chi connectivity index (χ0v) is 20.5. The average molecular weight is 514 g/mol. The Labute approximate surface area is 217 Å². The average Bonchev–Trinajstić information content (AvgIpc) is 2.93. The van der Waals surface area contributed by atoms with Crippen LogP contribution in [0.3, 0.4) is 0 Å². The van der Waals surface area contributed by atoms with Crippen molar-refractivity contribution in [3.8, 4) is 22.9 Å². The summed E-state index contributed by atoms with van der Waals surface area (Å²) in [6, 6.07) is 26.1. The minimum Gasteiger partial charge on any atom is -0.493 e. The smallest absolute Gasteiger partial charge is 0.282 e. The van der Waals surface area contributed by atoms with E-state index in [4.69, 9.17) is 26.1 Å². The fraction of sp³-hybridized carbons (Fsp3) is 0.0690. The number of rotatable bonds is 7. The molecule has 1 aromatic heterocycles. The van der Waals surface area contributed by atoms with Crippen LogP contribution in [0.15, 0.2) is 101 Å². The van der Waals surface area contributed by atoms with Gasteiger partial charge in [-0.2, -0.15) is 9.78 Å². The predicted molar refractivity (Wildman–Crippen MR) is 143 cm³/mol. The molecule has 4 aromatic carbocycles. The molecular formula is C29H21ClFN3O3. The van der Waals surface area contributed by atoms with E-state index in [1.807, 2.05) is 36.4 Å². The number of aromatic nitrogens is 2. The lowest BCUT2D eigenvalue weighted by molar-refractivity contribution is 0.280. The molecule has 8 heteroatoms. The number of halogens is 2. The van der Waals surface area contributed by atoms with E-state index in [0.717, 1.165) is 5.56 Å². The van der Waals surface area contributed by atoms with Gasteiger partial charge in [0.15, 0.2) is 17.3 Å². The summed E-state index contributed by atoms with van der Waals surface area (Å²) < 4.78 is 26.5. The normalized spacial score (nSPS) is 11.2. The Morgan fingerprint density at radius 1 is 1.00 bits per heavy atom. The molecule has 0 unspecified atom stereocenters. The van der Waals surface area contributed by atoms with Crippen LogP contribution in [0.25, 0.3) is 22.3 Å². The Balaban J connectivity index is 1.52. The minimum absolute atomic E-state index is 0.0191. The second kappa shape index (κ2) is 10.6. The first-order chi connectivity index (χ1) is 18.0. The van der Waals surface area contributed by atoms with Crippen LogP contribution in [0.4, 0.5) is 4.39 Å². The van der Waals surface area contributed by atoms with Gasteiger partial charge in [0.05, 0.1) is 29.2 Å². The number of hydrogen-bond acceptors (Lipinski definition) is 5. The van der Waals surface area contributed by atoms with Gasteiger partial charge in [0, 0.05) is 11.1 Å². The van der Waals surface area contributed by atoms with Crippen molar-refractivity contribution < 1.29 is 13.9 Å². The summed E-state index contributed by atoms with van der Waals surface area (Å²) in [7, 11) is 1.48. The number of fused-ring (bicyclic) bond motifs is 1. The van der Waals surface area contributed by atoms with Crippen LogP contribution in [0.2, 0.25) is 5.02 Å². The van der Waals surface area contributed by atoms with Crippen LogP contribution in [0.5, 0.6) is 11.5 Å². The maximum absolute atomic E-state index is 14.0. The summed E-state index contributed by atoms with van der Waals surface area (Å²) in [5, 5.41) is 5.17. The molecule has 0 amide bonds. The third-order valence-electron chi connectivity index (χ3n) is 5.69. The van der Waals surface area contributed by atoms with E-state index in [2.05, 4.69) is 5.10 Å². The number of ether oxygens (including phenoxy) is 2. The SMILES string of the molecule is COc1cc(C=Nn2c(-c3ccccc3)nc3ccccc3c2=O)cc(Cl)c1OCc1ccccc1F. The van der Waals surface area contributed by atoms with Crippen LogP contribution in [-0.4, -0.2) is 23.0 Å². The highest BCUT2D eigenvalue weighted by Gasteiger charge is 2.15. The van der Waals surface area contributed by atoms with Gasteiger partial charge in [-0.1, -0.05) is 72.3 Å². The molecule has 0 N–H and O–H groups in total. The molecule has 5 aromatic rings. The molecule has 0 saturated heterocycles. The topological polar surface area (TPSA) is 65.7 Å². The van der Waals surface area contributed by atoms with E-state index in [-0.39, 0.29) is 28.8 Å². The molecule has 0 aliphatic rings. The van der Waals surface area contributed by atoms with E-state index in [9.17, 15) is 9.18 Å². The van der Waals surface area contributed by atoms with Gasteiger partial charge >= 0.3 is 0 Å². The summed E-state index contributed by atoms with van der Waals surface area (Å²) in [4.78, 5) is 18.0. The van der Waals surface area contributed by atoms with Gasteiger partial charge in [0.2, 0.25) is 0 Å². The van der Waals surface area contributed by atoms with Gasteiger partial charge in [0.1, 0.15) is 12.4 Å². The zero-order valence-electron chi connectivity index (χ0n) is 19.8. The van der Waals surface area contributed by atoms with Gasteiger partial charge in [0.25, 0.3) is 5.56 Å². The molecule has 0 spiro atoms. The monoisotopic (exact) mass is 513 g/mol. The van der Waals surface area contributed by atoms with Gasteiger partial charge in [-0.25, -0.2) is 9.37 Å². The first kappa shape index (κ1) is 24.2. The first-order valence-corrected chi connectivity index (χ1v) is 11.8. The molecular weight excluding hydrogens is 493 g/mol. The van der Waals surface area contributed by atoms with Gasteiger partial charge < -0.3 is 9.47 Å². The molecule has 0 bridgehead atoms. The Kier molecular flexibility index (Phi) is 6.96. The number of nitrogens with zero attached hydrogens (tertiary/aromatic N) is 3. The molecule has 0 radical (unpaired) electrons. The van der Waals surface area contributed by atoms with E-state index in [1.165, 1.54) is 24.1 Å². The van der Waals surface area contributed by atoms with E-state index in [0.29, 0.717) is 33.6 Å². The third-order valence-corrected chi connectivity index (χ3v) is 5.97. The number of benzene rings is 4. The summed E-state index contributed by atoms with van der Waals surface area (Å²) >= 11 is 6.50. The highest BCUT2D eigenvalue weighted by Crippen LogP contribution is 2.36. The lowest BCUT2D eigenvalue weighted by atomic mass is 10.2. The molecule has 37 heavy (non-hydrogen) atoms. The van der Waals surface area contributed by atoms with Crippen molar-refractivity contribution in [2.24, 2.45) is 5.10 Å². The van der Waals surface area contributed by atoms with Gasteiger partial charge in [-0.3, -0.25) is 4.79 Å². The van der Waals surface area contributed by atoms with Crippen molar-refractivity contribution in [2.45, 2.75) is 6.61 Å². The predicted octanol–water partition coefficient (Wildman–Crippen LogP) is 6.33. The zero-order chi connectivity index (χ0) is 25.8. The van der Waals surface area contributed by atoms with E-state index in [1.54, 1.807) is 48.5 Å². The lowest BCUT2D eigenvalue weighted by Crippen LogP contribution is -2.20. The Bertz CT molecular complexity index is 1670. The fourth-order valence-electron chi connectivity index (χ4n) is 3.85. The van der Waals surface area contributed by atoms with Gasteiger partial charge in [-0.05, 0) is 35.9 Å². The van der Waals surface area contributed by atoms with Crippen molar-refractivity contribution in [1.82, 2.24) is 9.66 Å². The summed E-state index contributed by atoms with van der Waals surface area (Å²) in [6.07, 6.45) is 1.50. The molecule has 0 fully saturated rings. The highest BCUT2D eigenvalue weighted by molar-refractivity contribution is 6.32. The van der Waals surface area contributed by atoms with E-state index >= 15 is 0 Å². The number of methoxy groups -OCH3 is 1. The Morgan fingerprint density at radius 3 is 2.51 bits per heavy atom. The molecule has 0 atom stereocenters. The maximum Gasteiger partial charge on any atom is 0.282 e. The van der Waals surface area contributed by atoms with Gasteiger partial charge in [-0.15, -0.1) is 0 Å². The number of para-hydroxylation sites is 1. The standard InChI is InChI=1S/C29H21ClFN3O3/c1-36-26-16-19(15-23(30)27(26)37-18-21-11-5-7-13-24(21)31)17-32-34-28(20-9-3-2-4-10-20)33-25-14-8-6-12-22(25)29(34)35/h2-17H,18H2,1H3. The van der Waals surface area contributed by atoms with Crippen molar-refractivity contribution in [3.63, 3.8) is 0 Å². The second-order valence-corrected chi connectivity index (χ2v) is 8.50. The largest absolute Gasteiger partial charge is 0.493 e. The summed E-state index contributed by atoms with van der Waals surface area (Å²) in [5.41, 5.74) is 1.99. The summed E-state index contributed by atoms with van der Waals surface area (Å²) in [5.74, 6) is 0.657. The van der Waals surface area contributed by atoms with Crippen LogP contribution < -0.4 is 15.0 Å². The number of hydrogen-bond donors (Lipinski definition) is 0. The maximum atomic E-state index is 14.0. The van der Waals surface area contributed by atoms with Crippen molar-refractivity contribution in [3.05, 3.63) is 123 Å². The van der Waals surface area contributed by atoms with Crippen LogP contribution in [0, 0.1) is 5.82 Å². The lowest BCUT2D eigenvalue weighted by Gasteiger charge is -2.14. The molecule has 0 aliphatic carbocycles. The molecule has 1 heterocycles. The van der Waals surface area contributed by atoms with Crippen LogP contribution >= 0.6 is 11.6 Å². The quantitative estimate of drug-likeness (QED) is 0.239. The molecule has 0 aliphatic heterocycles. The van der Waals surface area contributed by atoms with Crippen molar-refractivity contribution in [2.75, 3.05) is 7.11 Å². The van der Waals surface area contributed by atoms with Crippen molar-refractivity contribution >= 4 is 28.7 Å². The highest BCUT2D eigenvalue weighted by atomic mass is 35.5. The molecule has 5 rings (SSSR count). The Morgan fingerprint density at radius 2 is 1.73 bits per heavy atom. The van der Waals surface area contributed by atoms with Crippen LogP contribution in [0.1, 0.15) is 11.1 Å². The first-order valence-electron chi connectivity index (χ1n) is 11.4.